The van der Waals surface area contributed by atoms with Gasteiger partial charge in [-0.15, -0.1) is 0 Å². The maximum Gasteiger partial charge on any atom is 0.341 e. The Kier molecular flexibility index (Phi) is 2.96. The van der Waals surface area contributed by atoms with Gasteiger partial charge in [0.05, 0.1) is 5.76 Å². The molecule has 0 unspecified atom stereocenters. The van der Waals surface area contributed by atoms with Gasteiger partial charge >= 0.3 is 5.97 Å². The van der Waals surface area contributed by atoms with E-state index in [1.807, 2.05) is 13.8 Å². The van der Waals surface area contributed by atoms with Gasteiger partial charge < -0.3 is 24.4 Å². The number of esters is 1. The van der Waals surface area contributed by atoms with Crippen molar-refractivity contribution < 1.29 is 34.0 Å². The zero-order chi connectivity index (χ0) is 18.4. The molecule has 0 aromatic rings. The first kappa shape index (κ1) is 16.4. The first-order valence-corrected chi connectivity index (χ1v) is 8.32. The molecule has 25 heavy (non-hydrogen) atoms. The van der Waals surface area contributed by atoms with Gasteiger partial charge in [0.2, 0.25) is 17.0 Å². The normalized spacial score (nSPS) is 42.7. The molecule has 3 aliphatic heterocycles. The van der Waals surface area contributed by atoms with Crippen LogP contribution in [0.1, 0.15) is 34.1 Å². The Bertz CT molecular complexity index is 806. The maximum absolute atomic E-state index is 12.7. The van der Waals surface area contributed by atoms with Crippen molar-refractivity contribution in [1.29, 1.82) is 0 Å². The Balaban J connectivity index is 2.10. The Morgan fingerprint density at radius 1 is 1.24 bits per heavy atom. The summed E-state index contributed by atoms with van der Waals surface area (Å²) in [4.78, 5) is 25.3. The average molecular weight is 348 g/mol. The van der Waals surface area contributed by atoms with Gasteiger partial charge in [0, 0.05) is 11.5 Å². The van der Waals surface area contributed by atoms with Crippen molar-refractivity contribution >= 4 is 11.8 Å². The molecule has 0 radical (unpaired) electrons. The molecule has 4 aliphatic rings. The van der Waals surface area contributed by atoms with E-state index < -0.39 is 34.8 Å². The predicted molar refractivity (Wildman–Crippen MR) is 83.7 cm³/mol. The highest BCUT2D eigenvalue weighted by molar-refractivity contribution is 6.10. The third-order valence-corrected chi connectivity index (χ3v) is 5.83. The minimum Gasteiger partial charge on any atom is -0.456 e. The molecule has 5 atom stereocenters. The summed E-state index contributed by atoms with van der Waals surface area (Å²) >= 11 is 0. The van der Waals surface area contributed by atoms with Gasteiger partial charge in [0.15, 0.2) is 5.60 Å². The lowest BCUT2D eigenvalue weighted by Gasteiger charge is -2.56. The van der Waals surface area contributed by atoms with Crippen molar-refractivity contribution in [2.45, 2.75) is 57.2 Å². The van der Waals surface area contributed by atoms with E-state index in [1.54, 1.807) is 6.92 Å². The van der Waals surface area contributed by atoms with Crippen molar-refractivity contribution in [2.24, 2.45) is 5.92 Å². The molecule has 0 aromatic heterocycles. The Morgan fingerprint density at radius 2 is 1.92 bits per heavy atom. The predicted octanol–water partition coefficient (Wildman–Crippen LogP) is 0.864. The smallest absolute Gasteiger partial charge is 0.341 e. The van der Waals surface area contributed by atoms with E-state index in [1.165, 1.54) is 19.1 Å². The third-order valence-electron chi connectivity index (χ3n) is 5.83. The number of aliphatic hydroxyl groups is 2. The lowest BCUT2D eigenvalue weighted by Crippen LogP contribution is -2.77. The van der Waals surface area contributed by atoms with Crippen molar-refractivity contribution in [2.75, 3.05) is 0 Å². The van der Waals surface area contributed by atoms with Gasteiger partial charge in [-0.25, -0.2) is 4.79 Å². The van der Waals surface area contributed by atoms with Crippen LogP contribution in [0, 0.1) is 5.92 Å². The van der Waals surface area contributed by atoms with E-state index in [4.69, 9.17) is 14.2 Å². The fraction of sp³-hybridized carbons (Fsp3) is 0.556. The van der Waals surface area contributed by atoms with Crippen LogP contribution >= 0.6 is 0 Å². The van der Waals surface area contributed by atoms with Crippen LogP contribution in [0.15, 0.2) is 34.8 Å². The van der Waals surface area contributed by atoms with E-state index in [2.05, 4.69) is 0 Å². The lowest BCUT2D eigenvalue weighted by molar-refractivity contribution is -0.288. The van der Waals surface area contributed by atoms with Gasteiger partial charge in [0.25, 0.3) is 6.29 Å². The summed E-state index contributed by atoms with van der Waals surface area (Å²) in [6.07, 6.45) is 1.98. The van der Waals surface area contributed by atoms with Gasteiger partial charge in [0.1, 0.15) is 11.3 Å². The first-order valence-electron chi connectivity index (χ1n) is 8.32. The molecule has 1 fully saturated rings. The number of ether oxygens (including phenoxy) is 3. The Labute approximate surface area is 144 Å². The van der Waals surface area contributed by atoms with Crippen LogP contribution in [0.25, 0.3) is 0 Å². The summed E-state index contributed by atoms with van der Waals surface area (Å²) < 4.78 is 16.8. The number of carbonyl (C=O) groups is 2. The molecular weight excluding hydrogens is 328 g/mol. The molecule has 0 aromatic carbocycles. The van der Waals surface area contributed by atoms with E-state index in [0.717, 1.165) is 0 Å². The minimum absolute atomic E-state index is 0.144. The number of allylic oxidation sites excluding steroid dienone is 2. The van der Waals surface area contributed by atoms with E-state index in [0.29, 0.717) is 12.2 Å². The Morgan fingerprint density at radius 3 is 2.56 bits per heavy atom. The molecule has 1 saturated heterocycles. The Hall–Kier alpha value is -2.12. The second-order valence-corrected chi connectivity index (χ2v) is 7.23. The first-order chi connectivity index (χ1) is 11.6. The van der Waals surface area contributed by atoms with Crippen LogP contribution in [0.2, 0.25) is 0 Å². The highest BCUT2D eigenvalue weighted by Gasteiger charge is 2.81. The number of rotatable bonds is 2. The quantitative estimate of drug-likeness (QED) is 0.714. The number of ketones is 1. The fourth-order valence-corrected chi connectivity index (χ4v) is 4.15. The molecule has 3 heterocycles. The molecular formula is C18H20O7. The summed E-state index contributed by atoms with van der Waals surface area (Å²) in [5.74, 6) is -1.07. The van der Waals surface area contributed by atoms with E-state index >= 15 is 0 Å². The average Bonchev–Trinajstić information content (AvgIpc) is 2.76. The molecule has 7 heteroatoms. The second kappa shape index (κ2) is 4.53. The van der Waals surface area contributed by atoms with Gasteiger partial charge in [-0.1, -0.05) is 13.8 Å². The molecule has 134 valence electrons. The van der Waals surface area contributed by atoms with Crippen LogP contribution in [-0.2, 0) is 23.8 Å². The standard InChI is InChI=1S/C18H20O7/c1-5-8(2)13-12-14(20)25-16(4)11(19)7-10-6-9(3)23-15(24-13)17(10,21)18(12,16)22/h6-8,15,21-22H,5H2,1-4H3/t8-,15-,16-,17+,18+/m0/s1. The third kappa shape index (κ3) is 1.54. The van der Waals surface area contributed by atoms with Gasteiger partial charge in [-0.3, -0.25) is 4.79 Å². The molecule has 0 amide bonds. The van der Waals surface area contributed by atoms with Crippen molar-refractivity contribution in [3.8, 4) is 0 Å². The lowest BCUT2D eigenvalue weighted by atomic mass is 9.58. The summed E-state index contributed by atoms with van der Waals surface area (Å²) in [6.45, 7) is 6.69. The monoisotopic (exact) mass is 348 g/mol. The second-order valence-electron chi connectivity index (χ2n) is 7.23. The van der Waals surface area contributed by atoms with Gasteiger partial charge in [-0.05, 0) is 32.4 Å². The van der Waals surface area contributed by atoms with Crippen LogP contribution in [0.4, 0.5) is 0 Å². The summed E-state index contributed by atoms with van der Waals surface area (Å²) in [5, 5.41) is 23.1. The molecule has 0 spiro atoms. The zero-order valence-electron chi connectivity index (χ0n) is 14.5. The SMILES string of the molecule is CC[C@H](C)C1=C2C(=O)O[C@@]3(C)C(=O)C=C4C=C(C)O[C@@H](O1)[C@@]4(O)[C@@]23O. The van der Waals surface area contributed by atoms with Crippen LogP contribution in [0.5, 0.6) is 0 Å². The largest absolute Gasteiger partial charge is 0.456 e. The molecule has 2 N–H and O–H groups in total. The highest BCUT2D eigenvalue weighted by atomic mass is 16.7. The highest BCUT2D eigenvalue weighted by Crippen LogP contribution is 2.60. The molecule has 4 rings (SSSR count). The minimum atomic E-state index is -2.29. The van der Waals surface area contributed by atoms with Crippen molar-refractivity contribution in [1.82, 2.24) is 0 Å². The molecule has 0 saturated carbocycles. The summed E-state index contributed by atoms with van der Waals surface area (Å²) in [6, 6.07) is 0. The van der Waals surface area contributed by atoms with Gasteiger partial charge in [-0.2, -0.15) is 0 Å². The number of hydrogen-bond acceptors (Lipinski definition) is 7. The van der Waals surface area contributed by atoms with E-state index in [-0.39, 0.29) is 22.8 Å². The molecule has 1 aliphatic carbocycles. The summed E-state index contributed by atoms with van der Waals surface area (Å²) in [5.41, 5.74) is -6.42. The van der Waals surface area contributed by atoms with Crippen molar-refractivity contribution in [3.05, 3.63) is 34.8 Å². The maximum atomic E-state index is 12.7. The van der Waals surface area contributed by atoms with Crippen LogP contribution in [-0.4, -0.2) is 45.1 Å². The molecule has 7 nitrogen and oxygen atoms in total. The number of hydrogen-bond donors (Lipinski definition) is 2. The number of carbonyl (C=O) groups excluding carboxylic acids is 2. The topological polar surface area (TPSA) is 102 Å². The van der Waals surface area contributed by atoms with E-state index in [9.17, 15) is 19.8 Å². The molecule has 0 bridgehead atoms. The summed E-state index contributed by atoms with van der Waals surface area (Å²) in [7, 11) is 0. The van der Waals surface area contributed by atoms with Crippen LogP contribution in [0.3, 0.4) is 0 Å². The fourth-order valence-electron chi connectivity index (χ4n) is 4.15. The zero-order valence-corrected chi connectivity index (χ0v) is 14.5. The van der Waals surface area contributed by atoms with Crippen LogP contribution < -0.4 is 0 Å². The van der Waals surface area contributed by atoms with Crippen molar-refractivity contribution in [3.63, 3.8) is 0 Å².